The van der Waals surface area contributed by atoms with Crippen LogP contribution in [-0.4, -0.2) is 38.4 Å². The van der Waals surface area contributed by atoms with Crippen molar-refractivity contribution in [2.45, 2.75) is 52.6 Å². The Morgan fingerprint density at radius 2 is 2.05 bits per heavy atom. The Morgan fingerprint density at radius 1 is 1.25 bits per heavy atom. The monoisotopic (exact) mass is 283 g/mol. The highest BCUT2D eigenvalue weighted by atomic mass is 16.5. The van der Waals surface area contributed by atoms with Gasteiger partial charge in [-0.1, -0.05) is 20.8 Å². The van der Waals surface area contributed by atoms with Gasteiger partial charge in [0, 0.05) is 38.7 Å². The van der Waals surface area contributed by atoms with Crippen molar-refractivity contribution in [3.63, 3.8) is 0 Å². The van der Waals surface area contributed by atoms with Gasteiger partial charge in [0.1, 0.15) is 0 Å². The molecule has 2 aliphatic rings. The van der Waals surface area contributed by atoms with E-state index in [0.717, 1.165) is 45.6 Å². The molecule has 0 saturated carbocycles. The molecule has 116 valence electrons. The van der Waals surface area contributed by atoms with Crippen molar-refractivity contribution < 1.29 is 14.3 Å². The first-order valence-corrected chi connectivity index (χ1v) is 7.93. The number of carbonyl (C=O) groups is 1. The smallest absolute Gasteiger partial charge is 0.220 e. The molecule has 0 aromatic rings. The Morgan fingerprint density at radius 3 is 2.70 bits per heavy atom. The first-order chi connectivity index (χ1) is 9.47. The van der Waals surface area contributed by atoms with Gasteiger partial charge in [0.05, 0.1) is 6.10 Å². The first kappa shape index (κ1) is 15.8. The molecule has 1 amide bonds. The van der Waals surface area contributed by atoms with Crippen molar-refractivity contribution in [1.82, 2.24) is 5.32 Å². The van der Waals surface area contributed by atoms with Gasteiger partial charge in [0.25, 0.3) is 0 Å². The van der Waals surface area contributed by atoms with Crippen LogP contribution in [0.5, 0.6) is 0 Å². The molecule has 0 radical (unpaired) electrons. The van der Waals surface area contributed by atoms with Gasteiger partial charge >= 0.3 is 0 Å². The molecule has 4 nitrogen and oxygen atoms in total. The normalized spacial score (nSPS) is 30.6. The quantitative estimate of drug-likeness (QED) is 0.842. The Kier molecular flexibility index (Phi) is 5.44. The SMILES string of the molecule is CC(C)(C)[C@H]1OCC[C@@H]1CNC(=O)CC[C@@H]1CCOC1. The highest BCUT2D eigenvalue weighted by Gasteiger charge is 2.37. The third kappa shape index (κ3) is 4.45. The molecule has 0 aromatic heterocycles. The molecular formula is C16H29NO3. The summed E-state index contributed by atoms with van der Waals surface area (Å²) in [6.45, 7) is 9.88. The third-order valence-electron chi connectivity index (χ3n) is 4.43. The van der Waals surface area contributed by atoms with Gasteiger partial charge in [0.2, 0.25) is 5.91 Å². The van der Waals surface area contributed by atoms with Crippen molar-refractivity contribution in [2.75, 3.05) is 26.4 Å². The maximum Gasteiger partial charge on any atom is 0.220 e. The van der Waals surface area contributed by atoms with E-state index in [-0.39, 0.29) is 17.4 Å². The van der Waals surface area contributed by atoms with Crippen molar-refractivity contribution >= 4 is 5.91 Å². The average Bonchev–Trinajstić information content (AvgIpc) is 3.03. The average molecular weight is 283 g/mol. The van der Waals surface area contributed by atoms with Gasteiger partial charge in [-0.05, 0) is 30.6 Å². The van der Waals surface area contributed by atoms with E-state index in [1.54, 1.807) is 0 Å². The highest BCUT2D eigenvalue weighted by Crippen LogP contribution is 2.34. The summed E-state index contributed by atoms with van der Waals surface area (Å²) in [5.74, 6) is 1.21. The van der Waals surface area contributed by atoms with Crippen LogP contribution in [0.15, 0.2) is 0 Å². The number of ether oxygens (including phenoxy) is 2. The lowest BCUT2D eigenvalue weighted by atomic mass is 9.81. The molecule has 3 atom stereocenters. The van der Waals surface area contributed by atoms with Crippen LogP contribution in [0.25, 0.3) is 0 Å². The summed E-state index contributed by atoms with van der Waals surface area (Å²) in [6, 6.07) is 0. The number of nitrogens with one attached hydrogen (secondary N) is 1. The number of hydrogen-bond acceptors (Lipinski definition) is 3. The maximum atomic E-state index is 11.9. The second kappa shape index (κ2) is 6.90. The zero-order valence-corrected chi connectivity index (χ0v) is 13.1. The fraction of sp³-hybridized carbons (Fsp3) is 0.938. The predicted octanol–water partition coefficient (Wildman–Crippen LogP) is 2.37. The van der Waals surface area contributed by atoms with Crippen molar-refractivity contribution in [3.8, 4) is 0 Å². The van der Waals surface area contributed by atoms with E-state index in [2.05, 4.69) is 26.1 Å². The van der Waals surface area contributed by atoms with Gasteiger partial charge in [-0.25, -0.2) is 0 Å². The minimum absolute atomic E-state index is 0.146. The summed E-state index contributed by atoms with van der Waals surface area (Å²) in [7, 11) is 0. The first-order valence-electron chi connectivity index (χ1n) is 7.93. The van der Waals surface area contributed by atoms with Crippen LogP contribution < -0.4 is 5.32 Å². The number of rotatable bonds is 5. The van der Waals surface area contributed by atoms with Crippen LogP contribution in [-0.2, 0) is 14.3 Å². The molecule has 0 spiro atoms. The van der Waals surface area contributed by atoms with Crippen molar-refractivity contribution in [3.05, 3.63) is 0 Å². The van der Waals surface area contributed by atoms with Gasteiger partial charge in [-0.3, -0.25) is 4.79 Å². The largest absolute Gasteiger partial charge is 0.381 e. The standard InChI is InChI=1S/C16H29NO3/c1-16(2,3)15-13(7-9-20-15)10-17-14(18)5-4-12-6-8-19-11-12/h12-13,15H,4-11H2,1-3H3,(H,17,18)/t12-,13-,15+/m1/s1. The maximum absolute atomic E-state index is 11.9. The third-order valence-corrected chi connectivity index (χ3v) is 4.43. The fourth-order valence-corrected chi connectivity index (χ4v) is 3.28. The molecular weight excluding hydrogens is 254 g/mol. The molecule has 0 bridgehead atoms. The zero-order valence-electron chi connectivity index (χ0n) is 13.1. The second-order valence-corrected chi connectivity index (χ2v) is 7.28. The highest BCUT2D eigenvalue weighted by molar-refractivity contribution is 5.75. The molecule has 1 N–H and O–H groups in total. The molecule has 0 aromatic carbocycles. The summed E-state index contributed by atoms with van der Waals surface area (Å²) in [5, 5.41) is 3.09. The minimum atomic E-state index is 0.146. The molecule has 20 heavy (non-hydrogen) atoms. The van der Waals surface area contributed by atoms with Crippen LogP contribution in [0.3, 0.4) is 0 Å². The summed E-state index contributed by atoms with van der Waals surface area (Å²) in [4.78, 5) is 11.9. The molecule has 0 aliphatic carbocycles. The van der Waals surface area contributed by atoms with E-state index < -0.39 is 0 Å². The van der Waals surface area contributed by atoms with Gasteiger partial charge in [-0.2, -0.15) is 0 Å². The lowest BCUT2D eigenvalue weighted by Gasteiger charge is -2.31. The van der Waals surface area contributed by atoms with E-state index in [1.807, 2.05) is 0 Å². The summed E-state index contributed by atoms with van der Waals surface area (Å²) in [5.41, 5.74) is 0.146. The van der Waals surface area contributed by atoms with E-state index in [0.29, 0.717) is 18.3 Å². The van der Waals surface area contributed by atoms with Crippen LogP contribution in [0.1, 0.15) is 46.5 Å². The molecule has 2 aliphatic heterocycles. The molecule has 0 unspecified atom stereocenters. The fourth-order valence-electron chi connectivity index (χ4n) is 3.28. The number of hydrogen-bond donors (Lipinski definition) is 1. The van der Waals surface area contributed by atoms with E-state index in [4.69, 9.17) is 9.47 Å². The predicted molar refractivity (Wildman–Crippen MR) is 78.5 cm³/mol. The van der Waals surface area contributed by atoms with Crippen LogP contribution in [0.4, 0.5) is 0 Å². The topological polar surface area (TPSA) is 47.6 Å². The van der Waals surface area contributed by atoms with Gasteiger partial charge < -0.3 is 14.8 Å². The molecule has 2 heterocycles. The van der Waals surface area contributed by atoms with E-state index in [1.165, 1.54) is 0 Å². The van der Waals surface area contributed by atoms with E-state index >= 15 is 0 Å². The molecule has 2 fully saturated rings. The molecule has 4 heteroatoms. The lowest BCUT2D eigenvalue weighted by Crippen LogP contribution is -2.38. The Hall–Kier alpha value is -0.610. The lowest BCUT2D eigenvalue weighted by molar-refractivity contribution is -0.121. The second-order valence-electron chi connectivity index (χ2n) is 7.28. The molecule has 2 saturated heterocycles. The van der Waals surface area contributed by atoms with Crippen LogP contribution in [0, 0.1) is 17.3 Å². The Labute approximate surface area is 122 Å². The number of carbonyl (C=O) groups excluding carboxylic acids is 1. The summed E-state index contributed by atoms with van der Waals surface area (Å²) in [6.07, 6.45) is 4.00. The van der Waals surface area contributed by atoms with Gasteiger partial charge in [-0.15, -0.1) is 0 Å². The van der Waals surface area contributed by atoms with E-state index in [9.17, 15) is 4.79 Å². The van der Waals surface area contributed by atoms with Gasteiger partial charge in [0.15, 0.2) is 0 Å². The van der Waals surface area contributed by atoms with Crippen molar-refractivity contribution in [1.29, 1.82) is 0 Å². The van der Waals surface area contributed by atoms with Crippen LogP contribution >= 0.6 is 0 Å². The zero-order chi connectivity index (χ0) is 14.6. The van der Waals surface area contributed by atoms with Crippen molar-refractivity contribution in [2.24, 2.45) is 17.3 Å². The summed E-state index contributed by atoms with van der Waals surface area (Å²) >= 11 is 0. The summed E-state index contributed by atoms with van der Waals surface area (Å²) < 4.78 is 11.2. The number of amides is 1. The Bertz CT molecular complexity index is 318. The minimum Gasteiger partial charge on any atom is -0.381 e. The molecule has 2 rings (SSSR count). The Balaban J connectivity index is 1.67. The van der Waals surface area contributed by atoms with Crippen LogP contribution in [0.2, 0.25) is 0 Å².